The number of benzene rings is 1. The van der Waals surface area contributed by atoms with Gasteiger partial charge in [0.05, 0.1) is 4.90 Å². The van der Waals surface area contributed by atoms with E-state index in [1.54, 1.807) is 16.4 Å². The van der Waals surface area contributed by atoms with Crippen molar-refractivity contribution in [1.29, 1.82) is 0 Å². The maximum atomic E-state index is 12.4. The van der Waals surface area contributed by atoms with E-state index < -0.39 is 10.0 Å². The van der Waals surface area contributed by atoms with Crippen LogP contribution in [0.1, 0.15) is 26.3 Å². The van der Waals surface area contributed by atoms with Crippen LogP contribution in [-0.2, 0) is 10.0 Å². The van der Waals surface area contributed by atoms with Gasteiger partial charge in [-0.3, -0.25) is 0 Å². The van der Waals surface area contributed by atoms with Gasteiger partial charge in [0.2, 0.25) is 10.0 Å². The Labute approximate surface area is 104 Å². The molecule has 0 aromatic heterocycles. The zero-order chi connectivity index (χ0) is 12.8. The third-order valence-electron chi connectivity index (χ3n) is 3.78. The van der Waals surface area contributed by atoms with Crippen LogP contribution in [0.5, 0.6) is 0 Å². The van der Waals surface area contributed by atoms with Gasteiger partial charge in [0.25, 0.3) is 0 Å². The highest BCUT2D eigenvalue weighted by molar-refractivity contribution is 7.89. The van der Waals surface area contributed by atoms with E-state index in [9.17, 15) is 8.42 Å². The first-order valence-electron chi connectivity index (χ1n) is 5.88. The van der Waals surface area contributed by atoms with E-state index in [1.807, 2.05) is 26.0 Å². The second-order valence-corrected chi connectivity index (χ2v) is 7.20. The van der Waals surface area contributed by atoms with Crippen LogP contribution in [0, 0.1) is 12.8 Å². The molecule has 0 bridgehead atoms. The monoisotopic (exact) mass is 253 g/mol. The summed E-state index contributed by atoms with van der Waals surface area (Å²) in [7, 11) is -3.30. The van der Waals surface area contributed by atoms with Gasteiger partial charge in [0.15, 0.2) is 0 Å². The molecule has 1 aliphatic heterocycles. The molecule has 0 radical (unpaired) electrons. The zero-order valence-electron chi connectivity index (χ0n) is 10.8. The van der Waals surface area contributed by atoms with Crippen molar-refractivity contribution in [3.8, 4) is 0 Å². The Balaban J connectivity index is 2.31. The van der Waals surface area contributed by atoms with Crippen LogP contribution >= 0.6 is 0 Å². The first kappa shape index (κ1) is 12.6. The lowest BCUT2D eigenvalue weighted by atomic mass is 9.99. The minimum atomic E-state index is -3.30. The highest BCUT2D eigenvalue weighted by Gasteiger charge is 2.56. The Morgan fingerprint density at radius 2 is 1.76 bits per heavy atom. The van der Waals surface area contributed by atoms with Crippen LogP contribution in [0.25, 0.3) is 0 Å². The molecular formula is C13H19NO2S. The third-order valence-corrected chi connectivity index (χ3v) is 5.78. The van der Waals surface area contributed by atoms with Crippen molar-refractivity contribution < 1.29 is 8.42 Å². The van der Waals surface area contributed by atoms with E-state index >= 15 is 0 Å². The fourth-order valence-corrected chi connectivity index (χ4v) is 3.85. The molecule has 1 saturated heterocycles. The van der Waals surface area contributed by atoms with Gasteiger partial charge in [-0.2, -0.15) is 4.31 Å². The predicted molar refractivity (Wildman–Crippen MR) is 68.3 cm³/mol. The minimum Gasteiger partial charge on any atom is -0.207 e. The maximum absolute atomic E-state index is 12.4. The first-order chi connectivity index (χ1) is 7.78. The van der Waals surface area contributed by atoms with Crippen molar-refractivity contribution in [2.24, 2.45) is 5.92 Å². The zero-order valence-corrected chi connectivity index (χ0v) is 11.6. The lowest BCUT2D eigenvalue weighted by Gasteiger charge is -2.16. The van der Waals surface area contributed by atoms with Crippen molar-refractivity contribution in [3.05, 3.63) is 29.8 Å². The van der Waals surface area contributed by atoms with Crippen molar-refractivity contribution >= 4 is 10.0 Å². The first-order valence-corrected chi connectivity index (χ1v) is 7.32. The van der Waals surface area contributed by atoms with Crippen molar-refractivity contribution in [2.45, 2.75) is 38.1 Å². The SMILES string of the molecule is Cc1ccc(S(=O)(=O)N2C[C@@]2(C)C(C)C)cc1. The van der Waals surface area contributed by atoms with E-state index in [1.165, 1.54) is 0 Å². The van der Waals surface area contributed by atoms with Crippen LogP contribution in [0.15, 0.2) is 29.2 Å². The van der Waals surface area contributed by atoms with Crippen LogP contribution in [0.2, 0.25) is 0 Å². The van der Waals surface area contributed by atoms with Crippen LogP contribution in [0.3, 0.4) is 0 Å². The van der Waals surface area contributed by atoms with Gasteiger partial charge in [-0.1, -0.05) is 31.5 Å². The molecule has 4 heteroatoms. The highest BCUT2D eigenvalue weighted by Crippen LogP contribution is 2.43. The van der Waals surface area contributed by atoms with Gasteiger partial charge in [-0.05, 0) is 31.9 Å². The number of hydrogen-bond donors (Lipinski definition) is 0. The Kier molecular flexibility index (Phi) is 2.83. The molecule has 1 aromatic rings. The van der Waals surface area contributed by atoms with Crippen molar-refractivity contribution in [2.75, 3.05) is 6.54 Å². The van der Waals surface area contributed by atoms with E-state index in [2.05, 4.69) is 13.8 Å². The summed E-state index contributed by atoms with van der Waals surface area (Å²) in [6.07, 6.45) is 0. The van der Waals surface area contributed by atoms with Gasteiger partial charge in [-0.25, -0.2) is 8.42 Å². The normalized spacial score (nSPS) is 28.4. The molecule has 3 nitrogen and oxygen atoms in total. The summed E-state index contributed by atoms with van der Waals surface area (Å²) in [5.41, 5.74) is 0.866. The summed E-state index contributed by atoms with van der Waals surface area (Å²) in [5, 5.41) is 0. The fourth-order valence-electron chi connectivity index (χ4n) is 1.92. The molecule has 0 N–H and O–H groups in total. The van der Waals surface area contributed by atoms with Gasteiger partial charge in [0, 0.05) is 12.1 Å². The highest BCUT2D eigenvalue weighted by atomic mass is 32.2. The average Bonchev–Trinajstić information content (AvgIpc) is 2.94. The molecule has 0 spiro atoms. The van der Waals surface area contributed by atoms with E-state index in [0.717, 1.165) is 5.56 Å². The van der Waals surface area contributed by atoms with E-state index in [4.69, 9.17) is 0 Å². The standard InChI is InChI=1S/C13H19NO2S/c1-10(2)13(4)9-14(13)17(15,16)12-7-5-11(3)6-8-12/h5-8,10H,9H2,1-4H3/t13-,14?/m0/s1. The van der Waals surface area contributed by atoms with Crippen LogP contribution in [-0.4, -0.2) is 24.8 Å². The predicted octanol–water partition coefficient (Wildman–Crippen LogP) is 2.41. The van der Waals surface area contributed by atoms with Crippen LogP contribution < -0.4 is 0 Å². The Hall–Kier alpha value is -0.870. The summed E-state index contributed by atoms with van der Waals surface area (Å²) >= 11 is 0. The molecule has 0 amide bonds. The Morgan fingerprint density at radius 1 is 1.24 bits per heavy atom. The van der Waals surface area contributed by atoms with Gasteiger partial charge >= 0.3 is 0 Å². The average molecular weight is 253 g/mol. The summed E-state index contributed by atoms with van der Waals surface area (Å²) in [6.45, 7) is 8.70. The lowest BCUT2D eigenvalue weighted by Crippen LogP contribution is -2.25. The number of sulfonamides is 1. The molecule has 0 saturated carbocycles. The largest absolute Gasteiger partial charge is 0.243 e. The molecule has 1 unspecified atom stereocenters. The number of nitrogens with zero attached hydrogens (tertiary/aromatic N) is 1. The number of aryl methyl sites for hydroxylation is 1. The van der Waals surface area contributed by atoms with Crippen molar-refractivity contribution in [3.63, 3.8) is 0 Å². The Bertz CT molecular complexity index is 519. The van der Waals surface area contributed by atoms with Gasteiger partial charge < -0.3 is 0 Å². The molecule has 1 aromatic carbocycles. The smallest absolute Gasteiger partial charge is 0.207 e. The number of hydrogen-bond acceptors (Lipinski definition) is 2. The summed E-state index contributed by atoms with van der Waals surface area (Å²) in [6, 6.07) is 7.04. The van der Waals surface area contributed by atoms with E-state index in [-0.39, 0.29) is 5.54 Å². The molecule has 2 rings (SSSR count). The van der Waals surface area contributed by atoms with Crippen LogP contribution in [0.4, 0.5) is 0 Å². The second kappa shape index (κ2) is 3.82. The second-order valence-electron chi connectivity index (χ2n) is 5.34. The van der Waals surface area contributed by atoms with E-state index in [0.29, 0.717) is 17.4 Å². The molecule has 2 atom stereocenters. The van der Waals surface area contributed by atoms with Crippen molar-refractivity contribution in [1.82, 2.24) is 4.31 Å². The molecular weight excluding hydrogens is 234 g/mol. The molecule has 0 aliphatic carbocycles. The third kappa shape index (κ3) is 2.00. The lowest BCUT2D eigenvalue weighted by molar-refractivity contribution is 0.419. The molecule has 17 heavy (non-hydrogen) atoms. The summed E-state index contributed by atoms with van der Waals surface area (Å²) < 4.78 is 26.3. The molecule has 94 valence electrons. The number of rotatable bonds is 3. The minimum absolute atomic E-state index is 0.205. The topological polar surface area (TPSA) is 37.1 Å². The molecule has 1 heterocycles. The fraction of sp³-hybridized carbons (Fsp3) is 0.538. The Morgan fingerprint density at radius 3 is 2.18 bits per heavy atom. The molecule has 1 aliphatic rings. The quantitative estimate of drug-likeness (QED) is 0.776. The van der Waals surface area contributed by atoms with Gasteiger partial charge in [0.1, 0.15) is 0 Å². The molecule has 1 fully saturated rings. The summed E-state index contributed by atoms with van der Waals surface area (Å²) in [4.78, 5) is 0.396. The van der Waals surface area contributed by atoms with Gasteiger partial charge in [-0.15, -0.1) is 0 Å². The summed E-state index contributed by atoms with van der Waals surface area (Å²) in [5.74, 6) is 0.336. The maximum Gasteiger partial charge on any atom is 0.243 e.